The number of halogens is 1. The second-order valence-corrected chi connectivity index (χ2v) is 3.83. The van der Waals surface area contributed by atoms with E-state index < -0.39 is 28.0 Å². The van der Waals surface area contributed by atoms with E-state index in [1.807, 2.05) is 0 Å². The number of aromatic carboxylic acids is 1. The molecule has 1 N–H and O–H groups in total. The number of nitrogens with zero attached hydrogens (tertiary/aromatic N) is 1. The molecule has 0 aliphatic heterocycles. The van der Waals surface area contributed by atoms with Crippen LogP contribution in [0.4, 0.5) is 10.1 Å². The third kappa shape index (κ3) is 3.06. The molecular formula is C9H8FNO5S. The molecule has 1 aromatic rings. The van der Waals surface area contributed by atoms with Crippen LogP contribution in [0, 0.1) is 15.9 Å². The Morgan fingerprint density at radius 2 is 2.29 bits per heavy atom. The average molecular weight is 261 g/mol. The lowest BCUT2D eigenvalue weighted by atomic mass is 10.1. The lowest BCUT2D eigenvalue weighted by molar-refractivity contribution is -0.385. The average Bonchev–Trinajstić information content (AvgIpc) is 2.26. The number of benzene rings is 1. The first-order valence-corrected chi connectivity index (χ1v) is 5.39. The fourth-order valence-electron chi connectivity index (χ4n) is 1.05. The van der Waals surface area contributed by atoms with E-state index in [0.717, 1.165) is 18.1 Å². The lowest BCUT2D eigenvalue weighted by Gasteiger charge is -2.05. The van der Waals surface area contributed by atoms with Gasteiger partial charge in [-0.25, -0.2) is 9.18 Å². The minimum Gasteiger partial charge on any atom is -0.477 e. The van der Waals surface area contributed by atoms with Gasteiger partial charge in [-0.2, -0.15) is 0 Å². The molecule has 0 atom stereocenters. The molecule has 0 spiro atoms. The number of hydrogen-bond donors (Lipinski definition) is 1. The number of hydrogen-bond acceptors (Lipinski definition) is 5. The zero-order valence-corrected chi connectivity index (χ0v) is 9.49. The molecule has 0 heterocycles. The van der Waals surface area contributed by atoms with Gasteiger partial charge in [-0.3, -0.25) is 10.1 Å². The standard InChI is InChI=1S/C9H8FNO5S/c1-2-17-16-8-4-7(11(14)15)5(9(12)13)3-6(8)10/h3-4H,2H2,1H3,(H,12,13). The summed E-state index contributed by atoms with van der Waals surface area (Å²) in [4.78, 5) is 20.4. The molecule has 0 aliphatic rings. The third-order valence-electron chi connectivity index (χ3n) is 1.74. The van der Waals surface area contributed by atoms with Gasteiger partial charge in [-0.1, -0.05) is 6.92 Å². The molecule has 8 heteroatoms. The van der Waals surface area contributed by atoms with Crippen molar-refractivity contribution in [2.45, 2.75) is 6.92 Å². The monoisotopic (exact) mass is 261 g/mol. The third-order valence-corrected chi connectivity index (χ3v) is 2.28. The van der Waals surface area contributed by atoms with Crippen LogP contribution in [0.3, 0.4) is 0 Å². The molecule has 0 bridgehead atoms. The van der Waals surface area contributed by atoms with Gasteiger partial charge >= 0.3 is 5.97 Å². The van der Waals surface area contributed by atoms with Crippen LogP contribution >= 0.6 is 12.0 Å². The zero-order chi connectivity index (χ0) is 13.0. The molecule has 92 valence electrons. The van der Waals surface area contributed by atoms with Crippen LogP contribution in [-0.4, -0.2) is 21.8 Å². The topological polar surface area (TPSA) is 89.7 Å². The van der Waals surface area contributed by atoms with E-state index in [0.29, 0.717) is 11.8 Å². The molecule has 17 heavy (non-hydrogen) atoms. The number of carbonyl (C=O) groups is 1. The Labute approximate surface area is 99.7 Å². The number of carboxylic acid groups (broad SMARTS) is 1. The van der Waals surface area contributed by atoms with Crippen molar-refractivity contribution < 1.29 is 23.4 Å². The molecule has 0 amide bonds. The van der Waals surface area contributed by atoms with Crippen LogP contribution in [0.15, 0.2) is 12.1 Å². The maximum absolute atomic E-state index is 13.4. The Morgan fingerprint density at radius 1 is 1.65 bits per heavy atom. The van der Waals surface area contributed by atoms with E-state index in [9.17, 15) is 19.3 Å². The second-order valence-electron chi connectivity index (χ2n) is 2.85. The summed E-state index contributed by atoms with van der Waals surface area (Å²) in [6, 6.07) is 1.34. The summed E-state index contributed by atoms with van der Waals surface area (Å²) in [5.74, 6) is -2.35. The Balaban J connectivity index is 3.24. The van der Waals surface area contributed by atoms with Gasteiger partial charge in [0.05, 0.1) is 23.0 Å². The molecule has 0 saturated heterocycles. The first-order chi connectivity index (χ1) is 7.97. The first kappa shape index (κ1) is 13.2. The van der Waals surface area contributed by atoms with E-state index in [2.05, 4.69) is 0 Å². The van der Waals surface area contributed by atoms with Crippen LogP contribution in [0.2, 0.25) is 0 Å². The maximum atomic E-state index is 13.4. The van der Waals surface area contributed by atoms with Crippen LogP contribution in [0.5, 0.6) is 5.75 Å². The number of nitro benzene ring substituents is 1. The maximum Gasteiger partial charge on any atom is 0.342 e. The van der Waals surface area contributed by atoms with Crippen molar-refractivity contribution in [1.82, 2.24) is 0 Å². The van der Waals surface area contributed by atoms with E-state index in [1.54, 1.807) is 6.92 Å². The highest BCUT2D eigenvalue weighted by atomic mass is 32.2. The van der Waals surface area contributed by atoms with Gasteiger partial charge in [0.1, 0.15) is 5.56 Å². The number of carboxylic acids is 1. The van der Waals surface area contributed by atoms with Crippen LogP contribution in [0.1, 0.15) is 17.3 Å². The normalized spacial score (nSPS) is 10.0. The summed E-state index contributed by atoms with van der Waals surface area (Å²) in [6.45, 7) is 1.75. The summed E-state index contributed by atoms with van der Waals surface area (Å²) in [5.41, 5.74) is -1.41. The smallest absolute Gasteiger partial charge is 0.342 e. The van der Waals surface area contributed by atoms with E-state index >= 15 is 0 Å². The van der Waals surface area contributed by atoms with Crippen molar-refractivity contribution in [3.05, 3.63) is 33.6 Å². The van der Waals surface area contributed by atoms with Crippen molar-refractivity contribution in [3.8, 4) is 5.75 Å². The fourth-order valence-corrected chi connectivity index (χ4v) is 1.42. The molecule has 1 aromatic carbocycles. The van der Waals surface area contributed by atoms with E-state index in [-0.39, 0.29) is 5.75 Å². The van der Waals surface area contributed by atoms with Gasteiger partial charge in [0, 0.05) is 5.75 Å². The Bertz CT molecular complexity index is 465. The minimum absolute atomic E-state index is 0.353. The fraction of sp³-hybridized carbons (Fsp3) is 0.222. The van der Waals surface area contributed by atoms with Crippen LogP contribution in [0.25, 0.3) is 0 Å². The van der Waals surface area contributed by atoms with Gasteiger partial charge in [-0.15, -0.1) is 0 Å². The highest BCUT2D eigenvalue weighted by Gasteiger charge is 2.24. The Hall–Kier alpha value is -1.83. The quantitative estimate of drug-likeness (QED) is 0.497. The van der Waals surface area contributed by atoms with Gasteiger partial charge in [0.15, 0.2) is 11.6 Å². The largest absolute Gasteiger partial charge is 0.477 e. The van der Waals surface area contributed by atoms with Crippen LogP contribution < -0.4 is 4.18 Å². The molecule has 0 unspecified atom stereocenters. The van der Waals surface area contributed by atoms with Crippen molar-refractivity contribution >= 4 is 23.7 Å². The zero-order valence-electron chi connectivity index (χ0n) is 8.68. The molecule has 0 aliphatic carbocycles. The first-order valence-electron chi connectivity index (χ1n) is 4.48. The number of nitro groups is 1. The molecule has 0 fully saturated rings. The summed E-state index contributed by atoms with van der Waals surface area (Å²) in [5, 5.41) is 19.3. The highest BCUT2D eigenvalue weighted by molar-refractivity contribution is 7.94. The predicted octanol–water partition coefficient (Wildman–Crippen LogP) is 2.48. The summed E-state index contributed by atoms with van der Waals surface area (Å²) < 4.78 is 18.2. The van der Waals surface area contributed by atoms with Crippen molar-refractivity contribution in [2.24, 2.45) is 0 Å². The van der Waals surface area contributed by atoms with Gasteiger partial charge in [0.2, 0.25) is 0 Å². The van der Waals surface area contributed by atoms with Crippen molar-refractivity contribution in [3.63, 3.8) is 0 Å². The molecule has 0 aromatic heterocycles. The SMILES string of the molecule is CCSOc1cc([N+](=O)[O-])c(C(=O)O)cc1F. The Morgan fingerprint density at radius 3 is 2.76 bits per heavy atom. The molecule has 1 rings (SSSR count). The molecule has 0 radical (unpaired) electrons. The van der Waals surface area contributed by atoms with Crippen LogP contribution in [-0.2, 0) is 0 Å². The van der Waals surface area contributed by atoms with Crippen molar-refractivity contribution in [1.29, 1.82) is 0 Å². The molecule has 0 saturated carbocycles. The van der Waals surface area contributed by atoms with Gasteiger partial charge in [0.25, 0.3) is 5.69 Å². The van der Waals surface area contributed by atoms with E-state index in [1.165, 1.54) is 0 Å². The summed E-state index contributed by atoms with van der Waals surface area (Å²) in [6.07, 6.45) is 0. The molecule has 6 nitrogen and oxygen atoms in total. The van der Waals surface area contributed by atoms with Gasteiger partial charge < -0.3 is 9.29 Å². The molecular weight excluding hydrogens is 253 g/mol. The lowest BCUT2D eigenvalue weighted by Crippen LogP contribution is -2.04. The number of rotatable bonds is 5. The second kappa shape index (κ2) is 5.48. The predicted molar refractivity (Wildman–Crippen MR) is 58.8 cm³/mol. The Kier molecular flexibility index (Phi) is 4.27. The highest BCUT2D eigenvalue weighted by Crippen LogP contribution is 2.30. The minimum atomic E-state index is -1.56. The van der Waals surface area contributed by atoms with Crippen molar-refractivity contribution in [2.75, 3.05) is 5.75 Å². The van der Waals surface area contributed by atoms with E-state index in [4.69, 9.17) is 9.29 Å². The van der Waals surface area contributed by atoms with Gasteiger partial charge in [-0.05, 0) is 6.07 Å². The summed E-state index contributed by atoms with van der Waals surface area (Å²) >= 11 is 0.900. The summed E-state index contributed by atoms with van der Waals surface area (Å²) in [7, 11) is 0.